The molecule has 1 unspecified atom stereocenters. The molecule has 9 heteroatoms. The van der Waals surface area contributed by atoms with E-state index in [1.54, 1.807) is 12.1 Å². The summed E-state index contributed by atoms with van der Waals surface area (Å²) in [6.07, 6.45) is 1.63. The molecule has 1 aromatic heterocycles. The Morgan fingerprint density at radius 1 is 1.22 bits per heavy atom. The Morgan fingerprint density at radius 3 is 2.62 bits per heavy atom. The lowest BCUT2D eigenvalue weighted by Crippen LogP contribution is -2.40. The number of ether oxygens (including phenoxy) is 2. The van der Waals surface area contributed by atoms with Crippen LogP contribution >= 0.6 is 11.3 Å². The Labute approximate surface area is 191 Å². The molecule has 1 saturated heterocycles. The number of hydrogen-bond acceptors (Lipinski definition) is 7. The van der Waals surface area contributed by atoms with E-state index in [1.165, 1.54) is 35.5 Å². The fourth-order valence-electron chi connectivity index (χ4n) is 3.72. The van der Waals surface area contributed by atoms with Crippen molar-refractivity contribution in [3.63, 3.8) is 0 Å². The van der Waals surface area contributed by atoms with Crippen LogP contribution in [0, 0.1) is 13.8 Å². The predicted molar refractivity (Wildman–Crippen MR) is 125 cm³/mol. The van der Waals surface area contributed by atoms with Crippen LogP contribution < -0.4 is 9.64 Å². The Hall–Kier alpha value is -2.49. The summed E-state index contributed by atoms with van der Waals surface area (Å²) < 4.78 is 37.7. The maximum absolute atomic E-state index is 13.3. The van der Waals surface area contributed by atoms with Crippen molar-refractivity contribution >= 4 is 42.4 Å². The molecule has 0 saturated carbocycles. The first-order chi connectivity index (χ1) is 15.3. The van der Waals surface area contributed by atoms with Gasteiger partial charge in [-0.1, -0.05) is 17.4 Å². The lowest BCUT2D eigenvalue weighted by molar-refractivity contribution is -0.116. The number of carbonyl (C=O) groups excluding carboxylic acids is 1. The summed E-state index contributed by atoms with van der Waals surface area (Å²) in [6, 6.07) is 10.1. The van der Waals surface area contributed by atoms with Gasteiger partial charge in [-0.25, -0.2) is 13.4 Å². The van der Waals surface area contributed by atoms with Crippen LogP contribution in [0.1, 0.15) is 24.0 Å². The zero-order chi connectivity index (χ0) is 22.9. The summed E-state index contributed by atoms with van der Waals surface area (Å²) in [7, 11) is -2.32. The first kappa shape index (κ1) is 22.7. The van der Waals surface area contributed by atoms with Gasteiger partial charge in [0.15, 0.2) is 15.0 Å². The van der Waals surface area contributed by atoms with Crippen LogP contribution in [0.25, 0.3) is 10.2 Å². The topological polar surface area (TPSA) is 85.8 Å². The quantitative estimate of drug-likeness (QED) is 0.516. The SMILES string of the molecule is COc1ccc(S(=O)(=O)CC(=O)N(CC2CCCO2)c2nc3c(C)c(C)ccc3s2)cc1. The van der Waals surface area contributed by atoms with E-state index in [9.17, 15) is 13.2 Å². The number of sulfone groups is 1. The van der Waals surface area contributed by atoms with Gasteiger partial charge >= 0.3 is 0 Å². The second-order valence-electron chi connectivity index (χ2n) is 7.92. The van der Waals surface area contributed by atoms with Crippen LogP contribution in [0.5, 0.6) is 5.75 Å². The van der Waals surface area contributed by atoms with Crippen molar-refractivity contribution in [2.45, 2.75) is 37.7 Å². The van der Waals surface area contributed by atoms with Crippen LogP contribution in [0.15, 0.2) is 41.3 Å². The van der Waals surface area contributed by atoms with Crippen LogP contribution in [0.2, 0.25) is 0 Å². The number of aromatic nitrogens is 1. The third-order valence-corrected chi connectivity index (χ3v) is 8.41. The Balaban J connectivity index is 1.65. The third kappa shape index (κ3) is 4.65. The van der Waals surface area contributed by atoms with Crippen molar-refractivity contribution in [3.8, 4) is 5.75 Å². The molecule has 2 aromatic carbocycles. The lowest BCUT2D eigenvalue weighted by Gasteiger charge is -2.23. The molecule has 0 bridgehead atoms. The highest BCUT2D eigenvalue weighted by atomic mass is 32.2. The fraction of sp³-hybridized carbons (Fsp3) is 0.391. The molecule has 1 amide bonds. The standard InChI is InChI=1S/C23H26N2O5S2/c1-15-6-11-20-22(16(15)2)24-23(31-20)25(13-18-5-4-12-30-18)21(26)14-32(27,28)19-9-7-17(29-3)8-10-19/h6-11,18H,4-5,12-14H2,1-3H3. The van der Waals surface area contributed by atoms with E-state index in [1.807, 2.05) is 26.0 Å². The summed E-state index contributed by atoms with van der Waals surface area (Å²) in [5, 5.41) is 0.499. The normalized spacial score (nSPS) is 16.4. The van der Waals surface area contributed by atoms with Crippen molar-refractivity contribution in [1.29, 1.82) is 0 Å². The van der Waals surface area contributed by atoms with Crippen molar-refractivity contribution < 1.29 is 22.7 Å². The maximum atomic E-state index is 13.3. The van der Waals surface area contributed by atoms with Crippen molar-refractivity contribution in [2.75, 3.05) is 30.9 Å². The molecule has 1 aliphatic heterocycles. The highest BCUT2D eigenvalue weighted by Crippen LogP contribution is 2.33. The van der Waals surface area contributed by atoms with Gasteiger partial charge in [0, 0.05) is 6.61 Å². The predicted octanol–water partition coefficient (Wildman–Crippen LogP) is 3.91. The lowest BCUT2D eigenvalue weighted by atomic mass is 10.1. The Bertz CT molecular complexity index is 1230. The largest absolute Gasteiger partial charge is 0.497 e. The number of aryl methyl sites for hydroxylation is 2. The van der Waals surface area contributed by atoms with E-state index < -0.39 is 21.5 Å². The van der Waals surface area contributed by atoms with Gasteiger partial charge in [0.25, 0.3) is 0 Å². The van der Waals surface area contributed by atoms with Gasteiger partial charge < -0.3 is 9.47 Å². The molecule has 1 atom stereocenters. The highest BCUT2D eigenvalue weighted by molar-refractivity contribution is 7.92. The van der Waals surface area contributed by atoms with Gasteiger partial charge in [0.1, 0.15) is 11.5 Å². The fourth-order valence-corrected chi connectivity index (χ4v) is 5.97. The molecule has 32 heavy (non-hydrogen) atoms. The maximum Gasteiger partial charge on any atom is 0.244 e. The summed E-state index contributed by atoms with van der Waals surface area (Å²) in [6.45, 7) is 4.95. The van der Waals surface area contributed by atoms with Crippen molar-refractivity contribution in [2.24, 2.45) is 0 Å². The minimum atomic E-state index is -3.83. The third-order valence-electron chi connectivity index (χ3n) is 5.75. The Morgan fingerprint density at radius 2 is 1.97 bits per heavy atom. The number of anilines is 1. The molecule has 3 aromatic rings. The van der Waals surface area contributed by atoms with Gasteiger partial charge in [-0.15, -0.1) is 0 Å². The average Bonchev–Trinajstić information content (AvgIpc) is 3.44. The van der Waals surface area contributed by atoms with Crippen LogP contribution in [0.4, 0.5) is 5.13 Å². The summed E-state index contributed by atoms with van der Waals surface area (Å²) in [5.41, 5.74) is 3.02. The van der Waals surface area contributed by atoms with E-state index >= 15 is 0 Å². The van der Waals surface area contributed by atoms with E-state index in [0.29, 0.717) is 17.5 Å². The minimum Gasteiger partial charge on any atom is -0.497 e. The number of methoxy groups -OCH3 is 1. The first-order valence-corrected chi connectivity index (χ1v) is 12.9. The Kier molecular flexibility index (Phi) is 6.50. The molecular formula is C23H26N2O5S2. The van der Waals surface area contributed by atoms with E-state index in [0.717, 1.165) is 34.2 Å². The van der Waals surface area contributed by atoms with E-state index in [4.69, 9.17) is 14.5 Å². The van der Waals surface area contributed by atoms with Crippen LogP contribution in [0.3, 0.4) is 0 Å². The zero-order valence-electron chi connectivity index (χ0n) is 18.3. The van der Waals surface area contributed by atoms with Gasteiger partial charge in [0.2, 0.25) is 5.91 Å². The second-order valence-corrected chi connectivity index (χ2v) is 10.9. The molecule has 1 aliphatic rings. The van der Waals surface area contributed by atoms with E-state index in [2.05, 4.69) is 0 Å². The molecule has 2 heterocycles. The van der Waals surface area contributed by atoms with Crippen molar-refractivity contribution in [1.82, 2.24) is 4.98 Å². The molecule has 0 N–H and O–H groups in total. The summed E-state index contributed by atoms with van der Waals surface area (Å²) in [5.74, 6) is -0.597. The second kappa shape index (κ2) is 9.17. The van der Waals surface area contributed by atoms with Gasteiger partial charge in [-0.2, -0.15) is 0 Å². The van der Waals surface area contributed by atoms with Gasteiger partial charge in [-0.3, -0.25) is 9.69 Å². The van der Waals surface area contributed by atoms with Gasteiger partial charge in [0.05, 0.1) is 34.9 Å². The molecule has 4 rings (SSSR count). The molecule has 1 fully saturated rings. The van der Waals surface area contributed by atoms with Gasteiger partial charge in [-0.05, 0) is 68.1 Å². The van der Waals surface area contributed by atoms with Crippen LogP contribution in [-0.4, -0.2) is 51.4 Å². The summed E-state index contributed by atoms with van der Waals surface area (Å²) >= 11 is 1.39. The molecule has 0 aliphatic carbocycles. The molecule has 7 nitrogen and oxygen atoms in total. The number of amides is 1. The number of nitrogens with zero attached hydrogens (tertiary/aromatic N) is 2. The first-order valence-electron chi connectivity index (χ1n) is 10.4. The van der Waals surface area contributed by atoms with Crippen LogP contribution in [-0.2, 0) is 19.4 Å². The zero-order valence-corrected chi connectivity index (χ0v) is 20.0. The van der Waals surface area contributed by atoms with E-state index in [-0.39, 0.29) is 17.5 Å². The number of hydrogen-bond donors (Lipinski definition) is 0. The number of rotatable bonds is 7. The average molecular weight is 475 g/mol. The number of carbonyl (C=O) groups is 1. The summed E-state index contributed by atoms with van der Waals surface area (Å²) in [4.78, 5) is 19.6. The number of fused-ring (bicyclic) bond motifs is 1. The molecule has 0 spiro atoms. The highest BCUT2D eigenvalue weighted by Gasteiger charge is 2.30. The monoisotopic (exact) mass is 474 g/mol. The van der Waals surface area contributed by atoms with Crippen molar-refractivity contribution in [3.05, 3.63) is 47.5 Å². The number of benzene rings is 2. The molecule has 170 valence electrons. The smallest absolute Gasteiger partial charge is 0.244 e. The molecule has 0 radical (unpaired) electrons. The minimum absolute atomic E-state index is 0.0829. The molecular weight excluding hydrogens is 448 g/mol. The number of thiazole rings is 1.